The van der Waals surface area contributed by atoms with Gasteiger partial charge in [-0.1, -0.05) is 0 Å². The molecule has 7 nitrogen and oxygen atoms in total. The van der Waals surface area contributed by atoms with E-state index in [1.54, 1.807) is 0 Å². The first-order valence-corrected chi connectivity index (χ1v) is 7.02. The Hall–Kier alpha value is -1.34. The number of likely N-dealkylation sites (tertiary alicyclic amines) is 1. The average Bonchev–Trinajstić information content (AvgIpc) is 2.86. The topological polar surface area (TPSA) is 90.9 Å². The Kier molecular flexibility index (Phi) is 7.32. The fraction of sp³-hybridized carbons (Fsp3) is 0.846. The minimum atomic E-state index is -0.943. The number of nitrogens with one attached hydrogen (secondary N) is 2. The van der Waals surface area contributed by atoms with Crippen LogP contribution in [-0.2, 0) is 9.53 Å². The Morgan fingerprint density at radius 3 is 2.55 bits per heavy atom. The van der Waals surface area contributed by atoms with Gasteiger partial charge in [0.05, 0.1) is 12.5 Å². The van der Waals surface area contributed by atoms with Crippen LogP contribution in [0.1, 0.15) is 26.2 Å². The van der Waals surface area contributed by atoms with Crippen molar-refractivity contribution in [3.63, 3.8) is 0 Å². The van der Waals surface area contributed by atoms with Gasteiger partial charge in [0.1, 0.15) is 0 Å². The highest BCUT2D eigenvalue weighted by Gasteiger charge is 2.17. The molecule has 1 fully saturated rings. The molecule has 1 saturated heterocycles. The van der Waals surface area contributed by atoms with Gasteiger partial charge >= 0.3 is 12.0 Å². The number of ether oxygens (including phenoxy) is 1. The van der Waals surface area contributed by atoms with E-state index in [1.165, 1.54) is 20.0 Å². The van der Waals surface area contributed by atoms with E-state index in [0.717, 1.165) is 19.6 Å². The highest BCUT2D eigenvalue weighted by molar-refractivity contribution is 5.74. The summed E-state index contributed by atoms with van der Waals surface area (Å²) in [6.45, 7) is 5.18. The Morgan fingerprint density at radius 2 is 2.00 bits per heavy atom. The molecule has 1 aliphatic rings. The Labute approximate surface area is 119 Å². The van der Waals surface area contributed by atoms with Gasteiger partial charge in [0.25, 0.3) is 0 Å². The Bertz CT molecular complexity index is 319. The molecular weight excluding hydrogens is 262 g/mol. The molecule has 0 saturated carbocycles. The number of carbonyl (C=O) groups excluding carboxylic acids is 1. The molecule has 2 atom stereocenters. The number of hydrogen-bond donors (Lipinski definition) is 3. The molecule has 0 aliphatic carbocycles. The quantitative estimate of drug-likeness (QED) is 0.596. The lowest BCUT2D eigenvalue weighted by atomic mass is 10.2. The van der Waals surface area contributed by atoms with Crippen molar-refractivity contribution in [3.8, 4) is 0 Å². The van der Waals surface area contributed by atoms with Gasteiger partial charge in [0, 0.05) is 26.2 Å². The molecule has 3 N–H and O–H groups in total. The van der Waals surface area contributed by atoms with Crippen molar-refractivity contribution in [3.05, 3.63) is 0 Å². The molecule has 0 aromatic heterocycles. The maximum Gasteiger partial charge on any atom is 0.315 e. The molecule has 116 valence electrons. The number of carboxylic acids is 1. The van der Waals surface area contributed by atoms with E-state index in [9.17, 15) is 9.59 Å². The molecule has 1 heterocycles. The number of urea groups is 1. The van der Waals surface area contributed by atoms with E-state index >= 15 is 0 Å². The highest BCUT2D eigenvalue weighted by Crippen LogP contribution is 2.07. The fourth-order valence-electron chi connectivity index (χ4n) is 2.31. The standard InChI is InChI=1S/C13H25N3O4/c1-10(9-16-5-3-4-6-16)15-13(19)14-8-11(20-2)7-12(17)18/h10-11H,3-9H2,1-2H3,(H,17,18)(H2,14,15,19). The van der Waals surface area contributed by atoms with Crippen LogP contribution >= 0.6 is 0 Å². The van der Waals surface area contributed by atoms with Crippen LogP contribution in [0.4, 0.5) is 4.79 Å². The van der Waals surface area contributed by atoms with Crippen LogP contribution in [0.25, 0.3) is 0 Å². The second-order valence-electron chi connectivity index (χ2n) is 5.22. The van der Waals surface area contributed by atoms with Crippen LogP contribution in [0.2, 0.25) is 0 Å². The van der Waals surface area contributed by atoms with Gasteiger partial charge in [0.15, 0.2) is 0 Å². The lowest BCUT2D eigenvalue weighted by Crippen LogP contribution is -2.47. The van der Waals surface area contributed by atoms with Crippen molar-refractivity contribution >= 4 is 12.0 Å². The predicted octanol–water partition coefficient (Wildman–Crippen LogP) is 0.260. The van der Waals surface area contributed by atoms with Crippen LogP contribution in [0.15, 0.2) is 0 Å². The van der Waals surface area contributed by atoms with Gasteiger partial charge in [-0.25, -0.2) is 4.79 Å². The number of nitrogens with zero attached hydrogens (tertiary/aromatic N) is 1. The third kappa shape index (κ3) is 6.72. The first-order valence-electron chi connectivity index (χ1n) is 7.02. The Morgan fingerprint density at radius 1 is 1.35 bits per heavy atom. The summed E-state index contributed by atoms with van der Waals surface area (Å²) in [5.41, 5.74) is 0. The molecule has 20 heavy (non-hydrogen) atoms. The average molecular weight is 287 g/mol. The molecular formula is C13H25N3O4. The molecule has 1 rings (SSSR count). The van der Waals surface area contributed by atoms with Gasteiger partial charge < -0.3 is 25.4 Å². The Balaban J connectivity index is 2.19. The minimum Gasteiger partial charge on any atom is -0.481 e. The van der Waals surface area contributed by atoms with E-state index in [-0.39, 0.29) is 25.0 Å². The van der Waals surface area contributed by atoms with Crippen LogP contribution < -0.4 is 10.6 Å². The van der Waals surface area contributed by atoms with Crippen molar-refractivity contribution in [1.29, 1.82) is 0 Å². The molecule has 0 radical (unpaired) electrons. The zero-order valence-electron chi connectivity index (χ0n) is 12.2. The largest absolute Gasteiger partial charge is 0.481 e. The number of amides is 2. The van der Waals surface area contributed by atoms with E-state index in [4.69, 9.17) is 9.84 Å². The molecule has 0 aromatic carbocycles. The van der Waals surface area contributed by atoms with E-state index in [1.807, 2.05) is 6.92 Å². The van der Waals surface area contributed by atoms with Gasteiger partial charge in [-0.2, -0.15) is 0 Å². The number of methoxy groups -OCH3 is 1. The molecule has 0 bridgehead atoms. The summed E-state index contributed by atoms with van der Waals surface area (Å²) >= 11 is 0. The summed E-state index contributed by atoms with van der Waals surface area (Å²) in [5.74, 6) is -0.943. The lowest BCUT2D eigenvalue weighted by molar-refractivity contribution is -0.139. The van der Waals surface area contributed by atoms with E-state index in [2.05, 4.69) is 15.5 Å². The number of carboxylic acid groups (broad SMARTS) is 1. The summed E-state index contributed by atoms with van der Waals surface area (Å²) in [6.07, 6.45) is 1.82. The summed E-state index contributed by atoms with van der Waals surface area (Å²) in [5, 5.41) is 14.2. The van der Waals surface area contributed by atoms with Crippen LogP contribution in [-0.4, -0.2) is 67.4 Å². The fourth-order valence-corrected chi connectivity index (χ4v) is 2.31. The van der Waals surface area contributed by atoms with E-state index in [0.29, 0.717) is 0 Å². The number of carbonyl (C=O) groups is 2. The molecule has 1 aliphatic heterocycles. The van der Waals surface area contributed by atoms with Crippen LogP contribution in [0.5, 0.6) is 0 Å². The zero-order chi connectivity index (χ0) is 15.0. The van der Waals surface area contributed by atoms with Gasteiger partial charge in [0.2, 0.25) is 0 Å². The van der Waals surface area contributed by atoms with Gasteiger partial charge in [-0.05, 0) is 32.9 Å². The first kappa shape index (κ1) is 16.7. The van der Waals surface area contributed by atoms with Crippen molar-refractivity contribution in [2.24, 2.45) is 0 Å². The van der Waals surface area contributed by atoms with Crippen molar-refractivity contribution in [1.82, 2.24) is 15.5 Å². The van der Waals surface area contributed by atoms with Gasteiger partial charge in [-0.15, -0.1) is 0 Å². The normalized spacial score (nSPS) is 18.5. The second-order valence-corrected chi connectivity index (χ2v) is 5.22. The predicted molar refractivity (Wildman–Crippen MR) is 74.7 cm³/mol. The van der Waals surface area contributed by atoms with Gasteiger partial charge in [-0.3, -0.25) is 4.79 Å². The number of hydrogen-bond acceptors (Lipinski definition) is 4. The number of rotatable bonds is 8. The lowest BCUT2D eigenvalue weighted by Gasteiger charge is -2.22. The maximum absolute atomic E-state index is 11.7. The van der Waals surface area contributed by atoms with Crippen LogP contribution in [0, 0.1) is 0 Å². The second kappa shape index (κ2) is 8.76. The minimum absolute atomic E-state index is 0.0635. The summed E-state index contributed by atoms with van der Waals surface area (Å²) in [4.78, 5) is 24.6. The number of aliphatic carboxylic acids is 1. The molecule has 2 unspecified atom stereocenters. The van der Waals surface area contributed by atoms with Crippen molar-refractivity contribution in [2.45, 2.75) is 38.3 Å². The maximum atomic E-state index is 11.7. The third-order valence-corrected chi connectivity index (χ3v) is 3.33. The van der Waals surface area contributed by atoms with E-state index < -0.39 is 12.1 Å². The highest BCUT2D eigenvalue weighted by atomic mass is 16.5. The zero-order valence-corrected chi connectivity index (χ0v) is 12.2. The molecule has 0 spiro atoms. The van der Waals surface area contributed by atoms with Crippen molar-refractivity contribution in [2.75, 3.05) is 33.3 Å². The molecule has 2 amide bonds. The summed E-state index contributed by atoms with van der Waals surface area (Å²) in [7, 11) is 1.43. The summed E-state index contributed by atoms with van der Waals surface area (Å²) in [6, 6.07) is -0.224. The monoisotopic (exact) mass is 287 g/mol. The smallest absolute Gasteiger partial charge is 0.315 e. The third-order valence-electron chi connectivity index (χ3n) is 3.33. The molecule has 7 heteroatoms. The van der Waals surface area contributed by atoms with Crippen molar-refractivity contribution < 1.29 is 19.4 Å². The van der Waals surface area contributed by atoms with Crippen LogP contribution in [0.3, 0.4) is 0 Å². The SMILES string of the molecule is COC(CNC(=O)NC(C)CN1CCCC1)CC(=O)O. The molecule has 0 aromatic rings. The summed E-state index contributed by atoms with van der Waals surface area (Å²) < 4.78 is 4.99. The first-order chi connectivity index (χ1) is 9.51.